The van der Waals surface area contributed by atoms with Crippen molar-refractivity contribution in [3.8, 4) is 0 Å². The van der Waals surface area contributed by atoms with Gasteiger partial charge in [0.25, 0.3) is 0 Å². The third-order valence-corrected chi connectivity index (χ3v) is 2.42. The van der Waals surface area contributed by atoms with Crippen molar-refractivity contribution in [3.63, 3.8) is 0 Å². The quantitative estimate of drug-likeness (QED) is 0.321. The Morgan fingerprint density at radius 1 is 1.19 bits per heavy atom. The number of rotatable bonds is 10. The maximum atomic E-state index is 11.0. The molecule has 0 aromatic heterocycles. The Bertz CT molecular complexity index is 282. The van der Waals surface area contributed by atoms with Crippen LogP contribution in [-0.4, -0.2) is 11.8 Å². The number of hydrogen-bond donors (Lipinski definition) is 0. The molecule has 88 valence electrons. The number of ketones is 1. The molecule has 0 heterocycles. The van der Waals surface area contributed by atoms with Crippen LogP contribution in [0.2, 0.25) is 0 Å². The molecule has 3 heteroatoms. The van der Waals surface area contributed by atoms with Crippen molar-refractivity contribution in [1.29, 1.82) is 0 Å². The summed E-state index contributed by atoms with van der Waals surface area (Å²) in [5.41, 5.74) is 0.965. The van der Waals surface area contributed by atoms with Crippen molar-refractivity contribution in [2.45, 2.75) is 38.1 Å². The Morgan fingerprint density at radius 3 is 2.38 bits per heavy atom. The van der Waals surface area contributed by atoms with Gasteiger partial charge in [-0.15, -0.1) is 0 Å². The molecule has 16 heavy (non-hydrogen) atoms. The molecule has 0 aliphatic heterocycles. The maximum Gasteiger partial charge on any atom is 0.155 e. The molecule has 0 aromatic carbocycles. The van der Waals surface area contributed by atoms with Gasteiger partial charge in [0.15, 0.2) is 5.78 Å². The Balaban J connectivity index is 3.78. The first-order valence-corrected chi connectivity index (χ1v) is 5.42. The lowest BCUT2D eigenvalue weighted by Crippen LogP contribution is -2.06. The first-order chi connectivity index (χ1) is 7.63. The summed E-state index contributed by atoms with van der Waals surface area (Å²) in [6, 6.07) is -0.276. The lowest BCUT2D eigenvalue weighted by atomic mass is 10.0. The van der Waals surface area contributed by atoms with E-state index < -0.39 is 0 Å². The zero-order valence-electron chi connectivity index (χ0n) is 9.65. The van der Waals surface area contributed by atoms with Crippen LogP contribution in [0.25, 0.3) is 0 Å². The number of nitroso groups, excluding NO2 is 1. The topological polar surface area (TPSA) is 46.5 Å². The summed E-state index contributed by atoms with van der Waals surface area (Å²) in [4.78, 5) is 21.5. The van der Waals surface area contributed by atoms with Crippen molar-refractivity contribution >= 4 is 5.78 Å². The van der Waals surface area contributed by atoms with Crippen LogP contribution >= 0.6 is 0 Å². The number of hydrogen-bond acceptors (Lipinski definition) is 3. The highest BCUT2D eigenvalue weighted by molar-refractivity contribution is 5.88. The normalized spacial score (nSPS) is 11.5. The van der Waals surface area contributed by atoms with Crippen LogP contribution in [0.4, 0.5) is 0 Å². The fraction of sp³-hybridized carbons (Fsp3) is 0.462. The Hall–Kier alpha value is -1.51. The third-order valence-electron chi connectivity index (χ3n) is 2.42. The monoisotopic (exact) mass is 221 g/mol. The molecule has 0 N–H and O–H groups in total. The van der Waals surface area contributed by atoms with Crippen LogP contribution in [0, 0.1) is 4.91 Å². The van der Waals surface area contributed by atoms with Gasteiger partial charge >= 0.3 is 0 Å². The molecule has 0 radical (unpaired) electrons. The fourth-order valence-electron chi connectivity index (χ4n) is 1.33. The van der Waals surface area contributed by atoms with Crippen molar-refractivity contribution in [2.75, 3.05) is 0 Å². The fourth-order valence-corrected chi connectivity index (χ4v) is 1.33. The van der Waals surface area contributed by atoms with Gasteiger partial charge in [0.2, 0.25) is 0 Å². The summed E-state index contributed by atoms with van der Waals surface area (Å²) < 4.78 is 0. The van der Waals surface area contributed by atoms with Gasteiger partial charge in [-0.3, -0.25) is 4.79 Å². The predicted octanol–water partition coefficient (Wildman–Crippen LogP) is 3.57. The van der Waals surface area contributed by atoms with Crippen LogP contribution in [0.3, 0.4) is 0 Å². The van der Waals surface area contributed by atoms with Gasteiger partial charge in [-0.2, -0.15) is 4.91 Å². The summed E-state index contributed by atoms with van der Waals surface area (Å²) in [6.45, 7) is 10.8. The SMILES string of the molecule is C=CC(=C)CCCC(CCC(=O)C=C)N=O. The van der Waals surface area contributed by atoms with E-state index in [2.05, 4.69) is 24.9 Å². The van der Waals surface area contributed by atoms with Crippen molar-refractivity contribution < 1.29 is 4.79 Å². The molecule has 0 aliphatic carbocycles. The van der Waals surface area contributed by atoms with E-state index in [4.69, 9.17) is 0 Å². The number of nitrogens with zero attached hydrogens (tertiary/aromatic N) is 1. The largest absolute Gasteiger partial charge is 0.295 e. The van der Waals surface area contributed by atoms with Gasteiger partial charge < -0.3 is 0 Å². The van der Waals surface area contributed by atoms with E-state index in [0.29, 0.717) is 19.3 Å². The number of carbonyl (C=O) groups excluding carboxylic acids is 1. The molecule has 0 spiro atoms. The van der Waals surface area contributed by atoms with Crippen molar-refractivity contribution in [3.05, 3.63) is 42.4 Å². The molecule has 0 saturated heterocycles. The smallest absolute Gasteiger partial charge is 0.155 e. The second kappa shape index (κ2) is 8.77. The van der Waals surface area contributed by atoms with E-state index >= 15 is 0 Å². The van der Waals surface area contributed by atoms with Crippen molar-refractivity contribution in [2.24, 2.45) is 5.18 Å². The average molecular weight is 221 g/mol. The average Bonchev–Trinajstić information content (AvgIpc) is 2.32. The summed E-state index contributed by atoms with van der Waals surface area (Å²) in [5.74, 6) is -0.0378. The van der Waals surface area contributed by atoms with E-state index in [1.54, 1.807) is 6.08 Å². The van der Waals surface area contributed by atoms with Crippen molar-refractivity contribution in [1.82, 2.24) is 0 Å². The highest BCUT2D eigenvalue weighted by Crippen LogP contribution is 2.14. The van der Waals surface area contributed by atoms with Gasteiger partial charge in [-0.25, -0.2) is 0 Å². The lowest BCUT2D eigenvalue weighted by Gasteiger charge is -2.07. The Kier molecular flexibility index (Phi) is 7.94. The zero-order chi connectivity index (χ0) is 12.4. The lowest BCUT2D eigenvalue weighted by molar-refractivity contribution is -0.114. The Morgan fingerprint density at radius 2 is 1.88 bits per heavy atom. The summed E-state index contributed by atoms with van der Waals surface area (Å²) in [5, 5.41) is 3.02. The molecule has 0 aliphatic rings. The molecule has 0 saturated carbocycles. The van der Waals surface area contributed by atoms with E-state index in [9.17, 15) is 9.70 Å². The van der Waals surface area contributed by atoms with Gasteiger partial charge in [0.05, 0.1) is 6.04 Å². The summed E-state index contributed by atoms with van der Waals surface area (Å²) >= 11 is 0. The number of allylic oxidation sites excluding steroid dienone is 3. The first-order valence-electron chi connectivity index (χ1n) is 5.42. The number of carbonyl (C=O) groups is 1. The Labute approximate surface area is 96.9 Å². The van der Waals surface area contributed by atoms with E-state index in [1.165, 1.54) is 6.08 Å². The summed E-state index contributed by atoms with van der Waals surface area (Å²) in [7, 11) is 0. The molecule has 0 amide bonds. The van der Waals surface area contributed by atoms with Gasteiger partial charge in [0.1, 0.15) is 0 Å². The molecule has 0 fully saturated rings. The predicted molar refractivity (Wildman–Crippen MR) is 67.2 cm³/mol. The van der Waals surface area contributed by atoms with Crippen LogP contribution in [-0.2, 0) is 4.79 Å². The third kappa shape index (κ3) is 6.87. The zero-order valence-corrected chi connectivity index (χ0v) is 9.65. The van der Waals surface area contributed by atoms with Crippen LogP contribution in [0.15, 0.2) is 42.6 Å². The highest BCUT2D eigenvalue weighted by Gasteiger charge is 2.10. The second-order valence-electron chi connectivity index (χ2n) is 3.72. The van der Waals surface area contributed by atoms with Gasteiger partial charge in [0, 0.05) is 6.42 Å². The van der Waals surface area contributed by atoms with Crippen LogP contribution in [0.1, 0.15) is 32.1 Å². The molecule has 0 aromatic rings. The first kappa shape index (κ1) is 14.5. The second-order valence-corrected chi connectivity index (χ2v) is 3.72. The molecule has 0 rings (SSSR count). The van der Waals surface area contributed by atoms with E-state index in [0.717, 1.165) is 18.4 Å². The minimum atomic E-state index is -0.276. The standard InChI is InChI=1S/C13H19NO2/c1-4-11(3)7-6-8-12(14-16)9-10-13(15)5-2/h4-5,12H,1-3,6-10H2. The van der Waals surface area contributed by atoms with Gasteiger partial charge in [-0.05, 0) is 31.8 Å². The molecule has 0 bridgehead atoms. The molecule has 3 nitrogen and oxygen atoms in total. The molecule has 1 unspecified atom stereocenters. The van der Waals surface area contributed by atoms with Crippen LogP contribution in [0.5, 0.6) is 0 Å². The van der Waals surface area contributed by atoms with E-state index in [-0.39, 0.29) is 11.8 Å². The van der Waals surface area contributed by atoms with Crippen LogP contribution < -0.4 is 0 Å². The summed E-state index contributed by atoms with van der Waals surface area (Å²) in [6.07, 6.45) is 6.22. The molecule has 1 atom stereocenters. The minimum Gasteiger partial charge on any atom is -0.295 e. The van der Waals surface area contributed by atoms with Gasteiger partial charge in [-0.1, -0.05) is 36.6 Å². The molecular formula is C13H19NO2. The van der Waals surface area contributed by atoms with E-state index in [1.807, 2.05) is 0 Å². The minimum absolute atomic E-state index is 0.0378. The molecular weight excluding hydrogens is 202 g/mol. The highest BCUT2D eigenvalue weighted by atomic mass is 16.3. The maximum absolute atomic E-state index is 11.0.